The third-order valence-electron chi connectivity index (χ3n) is 4.18. The lowest BCUT2D eigenvalue weighted by Gasteiger charge is -2.37. The van der Waals surface area contributed by atoms with Crippen molar-refractivity contribution >= 4 is 28.3 Å². The van der Waals surface area contributed by atoms with Crippen molar-refractivity contribution in [3.63, 3.8) is 0 Å². The third-order valence-corrected chi connectivity index (χ3v) is 6.33. The Morgan fingerprint density at radius 2 is 2.31 bits per heavy atom. The summed E-state index contributed by atoms with van der Waals surface area (Å²) in [5, 5.41) is 6.64. The SMILES string of the molecule is COOCC1CC(NC(=O)CCC(C)C)CCN1OS(=O)c1cccs1. The van der Waals surface area contributed by atoms with E-state index in [4.69, 9.17) is 14.1 Å². The Balaban J connectivity index is 1.88. The van der Waals surface area contributed by atoms with Gasteiger partial charge in [-0.2, -0.15) is 9.35 Å². The summed E-state index contributed by atoms with van der Waals surface area (Å²) in [6.07, 6.45) is 2.80. The maximum Gasteiger partial charge on any atom is 0.220 e. The number of carbonyl (C=O) groups is 1. The van der Waals surface area contributed by atoms with Crippen LogP contribution in [-0.2, 0) is 29.9 Å². The Hall–Kier alpha value is -0.840. The summed E-state index contributed by atoms with van der Waals surface area (Å²) >= 11 is -0.155. The van der Waals surface area contributed by atoms with E-state index in [9.17, 15) is 9.00 Å². The van der Waals surface area contributed by atoms with Crippen LogP contribution in [0.1, 0.15) is 39.5 Å². The number of nitrogens with zero attached hydrogens (tertiary/aromatic N) is 1. The van der Waals surface area contributed by atoms with E-state index in [1.54, 1.807) is 11.1 Å². The quantitative estimate of drug-likeness (QED) is 0.477. The van der Waals surface area contributed by atoms with E-state index < -0.39 is 11.1 Å². The van der Waals surface area contributed by atoms with E-state index in [0.717, 1.165) is 12.8 Å². The van der Waals surface area contributed by atoms with Gasteiger partial charge in [0.25, 0.3) is 0 Å². The van der Waals surface area contributed by atoms with Crippen molar-refractivity contribution in [2.45, 2.75) is 55.8 Å². The monoisotopic (exact) mass is 404 g/mol. The summed E-state index contributed by atoms with van der Waals surface area (Å²) in [5.41, 5.74) is 0. The van der Waals surface area contributed by atoms with Crippen molar-refractivity contribution in [3.8, 4) is 0 Å². The molecule has 1 saturated heterocycles. The van der Waals surface area contributed by atoms with Crippen LogP contribution in [0.25, 0.3) is 0 Å². The van der Waals surface area contributed by atoms with Gasteiger partial charge in [-0.15, -0.1) is 11.3 Å². The first kappa shape index (κ1) is 21.5. The second kappa shape index (κ2) is 11.1. The summed E-state index contributed by atoms with van der Waals surface area (Å²) in [4.78, 5) is 21.9. The molecule has 0 spiro atoms. The van der Waals surface area contributed by atoms with Crippen LogP contribution in [0.4, 0.5) is 0 Å². The molecule has 0 bridgehead atoms. The second-order valence-electron chi connectivity index (χ2n) is 6.71. The zero-order valence-corrected chi connectivity index (χ0v) is 17.1. The Kier molecular flexibility index (Phi) is 9.17. The molecule has 1 aliphatic heterocycles. The van der Waals surface area contributed by atoms with Crippen LogP contribution in [0.3, 0.4) is 0 Å². The Labute approximate surface area is 161 Å². The minimum Gasteiger partial charge on any atom is -0.353 e. The summed E-state index contributed by atoms with van der Waals surface area (Å²) in [7, 11) is 1.45. The lowest BCUT2D eigenvalue weighted by molar-refractivity contribution is -0.291. The summed E-state index contributed by atoms with van der Waals surface area (Å²) in [6, 6.07) is 3.52. The highest BCUT2D eigenvalue weighted by Gasteiger charge is 2.32. The maximum atomic E-state index is 12.3. The summed E-state index contributed by atoms with van der Waals surface area (Å²) in [5.74, 6) is 0.581. The number of hydroxylamine groups is 2. The van der Waals surface area contributed by atoms with Crippen LogP contribution in [0.2, 0.25) is 0 Å². The van der Waals surface area contributed by atoms with Gasteiger partial charge in [-0.1, -0.05) is 19.9 Å². The smallest absolute Gasteiger partial charge is 0.220 e. The molecule has 1 aromatic heterocycles. The third kappa shape index (κ3) is 7.05. The molecule has 7 nitrogen and oxygen atoms in total. The summed E-state index contributed by atoms with van der Waals surface area (Å²) in [6.45, 7) is 5.05. The van der Waals surface area contributed by atoms with Gasteiger partial charge < -0.3 is 5.32 Å². The Bertz CT molecular complexity index is 568. The zero-order chi connectivity index (χ0) is 18.9. The average Bonchev–Trinajstić information content (AvgIpc) is 3.14. The molecule has 0 radical (unpaired) electrons. The van der Waals surface area contributed by atoms with Crippen molar-refractivity contribution in [3.05, 3.63) is 17.5 Å². The molecule has 3 atom stereocenters. The van der Waals surface area contributed by atoms with E-state index in [0.29, 0.717) is 29.5 Å². The minimum atomic E-state index is -1.55. The van der Waals surface area contributed by atoms with Crippen LogP contribution in [0.5, 0.6) is 0 Å². The van der Waals surface area contributed by atoms with Crippen LogP contribution in [-0.4, -0.2) is 47.5 Å². The molecule has 0 aromatic carbocycles. The first-order chi connectivity index (χ1) is 12.5. The van der Waals surface area contributed by atoms with Crippen molar-refractivity contribution in [2.24, 2.45) is 5.92 Å². The number of amides is 1. The molecule has 26 heavy (non-hydrogen) atoms. The predicted octanol–water partition coefficient (Wildman–Crippen LogP) is 2.67. The minimum absolute atomic E-state index is 0.0511. The molecule has 1 N–H and O–H groups in total. The number of rotatable bonds is 10. The molecule has 2 rings (SSSR count). The fourth-order valence-electron chi connectivity index (χ4n) is 2.76. The lowest BCUT2D eigenvalue weighted by Crippen LogP contribution is -2.51. The predicted molar refractivity (Wildman–Crippen MR) is 101 cm³/mol. The second-order valence-corrected chi connectivity index (χ2v) is 8.97. The van der Waals surface area contributed by atoms with E-state index in [1.807, 2.05) is 11.4 Å². The highest BCUT2D eigenvalue weighted by molar-refractivity contribution is 7.82. The number of hydrogen-bond acceptors (Lipinski definition) is 7. The van der Waals surface area contributed by atoms with Gasteiger partial charge >= 0.3 is 0 Å². The molecule has 148 valence electrons. The van der Waals surface area contributed by atoms with Gasteiger partial charge in [0.05, 0.1) is 13.2 Å². The standard InChI is InChI=1S/C17H28N2O5S2/c1-13(2)6-7-16(20)18-14-8-9-19(15(11-14)12-23-22-3)24-26(21)17-5-4-10-25-17/h4-5,10,13-15H,6-9,11-12H2,1-3H3,(H,18,20). The number of piperidine rings is 1. The van der Waals surface area contributed by atoms with Crippen LogP contribution in [0.15, 0.2) is 21.7 Å². The molecular formula is C17H28N2O5S2. The van der Waals surface area contributed by atoms with Crippen molar-refractivity contribution in [1.29, 1.82) is 0 Å². The zero-order valence-electron chi connectivity index (χ0n) is 15.5. The van der Waals surface area contributed by atoms with E-state index in [1.165, 1.54) is 18.4 Å². The molecule has 1 aromatic rings. The van der Waals surface area contributed by atoms with Crippen LogP contribution >= 0.6 is 11.3 Å². The van der Waals surface area contributed by atoms with Gasteiger partial charge in [0.2, 0.25) is 17.0 Å². The highest BCUT2D eigenvalue weighted by atomic mass is 32.2. The van der Waals surface area contributed by atoms with Crippen LogP contribution < -0.4 is 5.32 Å². The molecule has 1 fully saturated rings. The number of thiophene rings is 1. The van der Waals surface area contributed by atoms with Crippen molar-refractivity contribution in [1.82, 2.24) is 10.4 Å². The van der Waals surface area contributed by atoms with Crippen molar-refractivity contribution in [2.75, 3.05) is 20.3 Å². The maximum absolute atomic E-state index is 12.3. The number of hydrogen-bond donors (Lipinski definition) is 1. The molecule has 1 aliphatic rings. The Morgan fingerprint density at radius 3 is 2.96 bits per heavy atom. The van der Waals surface area contributed by atoms with Gasteiger partial charge in [-0.3, -0.25) is 4.79 Å². The number of nitrogens with one attached hydrogen (secondary N) is 1. The molecule has 1 amide bonds. The van der Waals surface area contributed by atoms with E-state index in [-0.39, 0.29) is 24.6 Å². The van der Waals surface area contributed by atoms with Crippen LogP contribution in [0, 0.1) is 5.92 Å². The Morgan fingerprint density at radius 1 is 1.50 bits per heavy atom. The molecule has 0 aliphatic carbocycles. The first-order valence-corrected chi connectivity index (χ1v) is 10.8. The fourth-order valence-corrected chi connectivity index (χ4v) is 4.41. The normalized spacial score (nSPS) is 22.5. The summed E-state index contributed by atoms with van der Waals surface area (Å²) < 4.78 is 18.6. The highest BCUT2D eigenvalue weighted by Crippen LogP contribution is 2.23. The van der Waals surface area contributed by atoms with Gasteiger partial charge in [-0.25, -0.2) is 14.0 Å². The van der Waals surface area contributed by atoms with Gasteiger partial charge in [-0.05, 0) is 36.6 Å². The molecule has 2 heterocycles. The van der Waals surface area contributed by atoms with E-state index >= 15 is 0 Å². The van der Waals surface area contributed by atoms with Gasteiger partial charge in [0.15, 0.2) is 0 Å². The average molecular weight is 405 g/mol. The molecule has 9 heteroatoms. The molecule has 3 unspecified atom stereocenters. The molecular weight excluding hydrogens is 376 g/mol. The fraction of sp³-hybridized carbons (Fsp3) is 0.706. The van der Waals surface area contributed by atoms with Gasteiger partial charge in [0, 0.05) is 19.0 Å². The largest absolute Gasteiger partial charge is 0.353 e. The topological polar surface area (TPSA) is 77.1 Å². The molecule has 0 saturated carbocycles. The number of carbonyl (C=O) groups excluding carboxylic acids is 1. The lowest BCUT2D eigenvalue weighted by atomic mass is 9.99. The van der Waals surface area contributed by atoms with Gasteiger partial charge in [0.1, 0.15) is 10.8 Å². The van der Waals surface area contributed by atoms with Crippen molar-refractivity contribution < 1.29 is 23.1 Å². The van der Waals surface area contributed by atoms with E-state index in [2.05, 4.69) is 19.2 Å². The first-order valence-electron chi connectivity index (χ1n) is 8.85.